The number of likely N-dealkylation sites (tertiary alicyclic amines) is 1. The summed E-state index contributed by atoms with van der Waals surface area (Å²) in [6.07, 6.45) is 0.737. The summed E-state index contributed by atoms with van der Waals surface area (Å²) in [6, 6.07) is 10.2. The van der Waals surface area contributed by atoms with E-state index in [4.69, 9.17) is 8.94 Å². The molecule has 0 aliphatic carbocycles. The van der Waals surface area contributed by atoms with Crippen molar-refractivity contribution in [1.29, 1.82) is 0 Å². The van der Waals surface area contributed by atoms with Crippen molar-refractivity contribution in [2.45, 2.75) is 19.9 Å². The molecule has 0 bridgehead atoms. The lowest BCUT2D eigenvalue weighted by molar-refractivity contribution is 0.124. The second-order valence-corrected chi connectivity index (χ2v) is 7.86. The Balaban J connectivity index is 1.30. The Bertz CT molecular complexity index is 919. The molecule has 1 aromatic carbocycles. The van der Waals surface area contributed by atoms with Gasteiger partial charge < -0.3 is 18.9 Å². The van der Waals surface area contributed by atoms with E-state index in [1.54, 1.807) is 0 Å². The van der Waals surface area contributed by atoms with Crippen molar-refractivity contribution in [2.75, 3.05) is 37.7 Å². The van der Waals surface area contributed by atoms with Gasteiger partial charge in [0.2, 0.25) is 5.89 Å². The predicted molar refractivity (Wildman–Crippen MR) is 100 cm³/mol. The van der Waals surface area contributed by atoms with Crippen LogP contribution in [0.25, 0.3) is 11.0 Å². The molecular weight excluding hydrogens is 344 g/mol. The van der Waals surface area contributed by atoms with Crippen molar-refractivity contribution >= 4 is 16.9 Å². The highest BCUT2D eigenvalue weighted by molar-refractivity contribution is 5.77. The molecular formula is C20H24N4O3. The van der Waals surface area contributed by atoms with Crippen molar-refractivity contribution in [2.24, 2.45) is 11.3 Å². The fourth-order valence-corrected chi connectivity index (χ4v) is 4.64. The van der Waals surface area contributed by atoms with Crippen LogP contribution in [-0.4, -0.2) is 52.9 Å². The Kier molecular flexibility index (Phi) is 3.94. The van der Waals surface area contributed by atoms with Gasteiger partial charge in [0.25, 0.3) is 5.95 Å². The third-order valence-electron chi connectivity index (χ3n) is 6.04. The van der Waals surface area contributed by atoms with E-state index in [2.05, 4.69) is 32.1 Å². The summed E-state index contributed by atoms with van der Waals surface area (Å²) in [7, 11) is 0. The largest absolute Gasteiger partial charge is 0.460 e. The van der Waals surface area contributed by atoms with Gasteiger partial charge in [-0.2, -0.15) is 4.98 Å². The van der Waals surface area contributed by atoms with Crippen molar-refractivity contribution < 1.29 is 14.0 Å². The van der Waals surface area contributed by atoms with E-state index in [1.165, 1.54) is 0 Å². The molecule has 7 heteroatoms. The van der Waals surface area contributed by atoms with Gasteiger partial charge in [0.15, 0.2) is 0 Å². The van der Waals surface area contributed by atoms with Crippen LogP contribution in [0, 0.1) is 11.3 Å². The molecule has 5 rings (SSSR count). The number of aliphatic hydroxyl groups is 1. The zero-order chi connectivity index (χ0) is 18.4. The SMILES string of the molecule is CCc1nc(N2CC3CN(Cc4cc5ccccc5o4)CC3(CO)C2)no1. The number of benzene rings is 1. The van der Waals surface area contributed by atoms with Crippen molar-refractivity contribution in [3.8, 4) is 0 Å². The highest BCUT2D eigenvalue weighted by atomic mass is 16.5. The second kappa shape index (κ2) is 6.35. The molecule has 0 amide bonds. The number of hydrogen-bond acceptors (Lipinski definition) is 7. The van der Waals surface area contributed by atoms with E-state index in [9.17, 15) is 5.11 Å². The summed E-state index contributed by atoms with van der Waals surface area (Å²) in [5.41, 5.74) is 0.790. The minimum absolute atomic E-state index is 0.140. The smallest absolute Gasteiger partial charge is 0.266 e. The van der Waals surface area contributed by atoms with Gasteiger partial charge in [0, 0.05) is 43.4 Å². The van der Waals surface area contributed by atoms with E-state index in [0.717, 1.165) is 55.9 Å². The van der Waals surface area contributed by atoms with Gasteiger partial charge >= 0.3 is 0 Å². The average molecular weight is 368 g/mol. The topological polar surface area (TPSA) is 78.8 Å². The van der Waals surface area contributed by atoms with Crippen LogP contribution in [0.15, 0.2) is 39.3 Å². The van der Waals surface area contributed by atoms with Crippen molar-refractivity contribution in [3.63, 3.8) is 0 Å². The zero-order valence-corrected chi connectivity index (χ0v) is 15.5. The van der Waals surface area contributed by atoms with Crippen LogP contribution in [-0.2, 0) is 13.0 Å². The number of nitrogens with zero attached hydrogens (tertiary/aromatic N) is 4. The van der Waals surface area contributed by atoms with Gasteiger partial charge in [-0.15, -0.1) is 0 Å². The molecule has 27 heavy (non-hydrogen) atoms. The van der Waals surface area contributed by atoms with Gasteiger partial charge in [0.1, 0.15) is 11.3 Å². The normalized spacial score (nSPS) is 25.6. The number of furan rings is 1. The number of fused-ring (bicyclic) bond motifs is 2. The van der Waals surface area contributed by atoms with Gasteiger partial charge in [0.05, 0.1) is 13.2 Å². The maximum absolute atomic E-state index is 10.2. The third-order valence-corrected chi connectivity index (χ3v) is 6.04. The molecule has 2 unspecified atom stereocenters. The monoisotopic (exact) mass is 368 g/mol. The molecule has 4 heterocycles. The summed E-state index contributed by atoms with van der Waals surface area (Å²) < 4.78 is 11.2. The number of hydrogen-bond donors (Lipinski definition) is 1. The van der Waals surface area contributed by atoms with Gasteiger partial charge in [-0.05, 0) is 23.2 Å². The van der Waals surface area contributed by atoms with Gasteiger partial charge in [-0.25, -0.2) is 0 Å². The maximum atomic E-state index is 10.2. The van der Waals surface area contributed by atoms with Crippen molar-refractivity contribution in [3.05, 3.63) is 42.0 Å². The van der Waals surface area contributed by atoms with E-state index in [1.807, 2.05) is 25.1 Å². The molecule has 0 saturated carbocycles. The van der Waals surface area contributed by atoms with E-state index in [0.29, 0.717) is 17.8 Å². The Morgan fingerprint density at radius 2 is 2.15 bits per heavy atom. The van der Waals surface area contributed by atoms with Crippen LogP contribution in [0.1, 0.15) is 18.6 Å². The first-order valence-corrected chi connectivity index (χ1v) is 9.57. The zero-order valence-electron chi connectivity index (χ0n) is 15.5. The minimum Gasteiger partial charge on any atom is -0.460 e. The van der Waals surface area contributed by atoms with Crippen LogP contribution >= 0.6 is 0 Å². The summed E-state index contributed by atoms with van der Waals surface area (Å²) in [5.74, 6) is 2.67. The maximum Gasteiger partial charge on any atom is 0.266 e. The summed E-state index contributed by atoms with van der Waals surface area (Å²) >= 11 is 0. The highest BCUT2D eigenvalue weighted by Crippen LogP contribution is 2.43. The lowest BCUT2D eigenvalue weighted by Gasteiger charge is -2.26. The first-order valence-electron chi connectivity index (χ1n) is 9.57. The third kappa shape index (κ3) is 2.82. The summed E-state index contributed by atoms with van der Waals surface area (Å²) in [4.78, 5) is 9.00. The molecule has 1 N–H and O–H groups in total. The Morgan fingerprint density at radius 3 is 2.89 bits per heavy atom. The quantitative estimate of drug-likeness (QED) is 0.740. The number of para-hydroxylation sites is 1. The molecule has 2 fully saturated rings. The fraction of sp³-hybridized carbons (Fsp3) is 0.500. The molecule has 2 aliphatic rings. The number of aryl methyl sites for hydroxylation is 1. The Hall–Kier alpha value is -2.38. The average Bonchev–Trinajstić information content (AvgIpc) is 3.42. The molecule has 0 spiro atoms. The van der Waals surface area contributed by atoms with E-state index >= 15 is 0 Å². The second-order valence-electron chi connectivity index (χ2n) is 7.86. The van der Waals surface area contributed by atoms with Crippen LogP contribution in [0.2, 0.25) is 0 Å². The minimum atomic E-state index is -0.140. The van der Waals surface area contributed by atoms with Crippen LogP contribution in [0.3, 0.4) is 0 Å². The molecule has 2 saturated heterocycles. The summed E-state index contributed by atoms with van der Waals surface area (Å²) in [5, 5.41) is 15.4. The van der Waals surface area contributed by atoms with Crippen LogP contribution in [0.5, 0.6) is 0 Å². The Morgan fingerprint density at radius 1 is 1.26 bits per heavy atom. The lowest BCUT2D eigenvalue weighted by Crippen LogP contribution is -2.37. The van der Waals surface area contributed by atoms with Crippen LogP contribution < -0.4 is 4.90 Å². The van der Waals surface area contributed by atoms with Crippen molar-refractivity contribution in [1.82, 2.24) is 15.0 Å². The number of anilines is 1. The molecule has 142 valence electrons. The molecule has 2 aliphatic heterocycles. The summed E-state index contributed by atoms with van der Waals surface area (Å²) in [6.45, 7) is 6.33. The van der Waals surface area contributed by atoms with E-state index in [-0.39, 0.29) is 12.0 Å². The van der Waals surface area contributed by atoms with Gasteiger partial charge in [-0.3, -0.25) is 4.90 Å². The fourth-order valence-electron chi connectivity index (χ4n) is 4.64. The number of rotatable bonds is 5. The predicted octanol–water partition coefficient (Wildman–Crippen LogP) is 2.31. The first-order chi connectivity index (χ1) is 13.2. The number of aromatic nitrogens is 2. The van der Waals surface area contributed by atoms with Gasteiger partial charge in [-0.1, -0.05) is 25.1 Å². The van der Waals surface area contributed by atoms with Crippen LogP contribution in [0.4, 0.5) is 5.95 Å². The lowest BCUT2D eigenvalue weighted by atomic mass is 9.82. The standard InChI is InChI=1S/C20H24N4O3/c1-2-18-21-19(22-27-18)24-9-15-8-23(11-20(15,12-24)13-25)10-16-7-14-5-3-4-6-17(14)26-16/h3-7,15,25H,2,8-13H2,1H3. The Labute approximate surface area is 157 Å². The molecule has 0 radical (unpaired) electrons. The molecule has 2 aromatic heterocycles. The first kappa shape index (κ1) is 16.8. The highest BCUT2D eigenvalue weighted by Gasteiger charge is 2.52. The molecule has 7 nitrogen and oxygen atoms in total. The molecule has 3 aromatic rings. The number of aliphatic hydroxyl groups excluding tert-OH is 1. The van der Waals surface area contributed by atoms with E-state index < -0.39 is 0 Å². The molecule has 2 atom stereocenters.